The summed E-state index contributed by atoms with van der Waals surface area (Å²) in [6.45, 7) is 7.60. The molecule has 106 valence electrons. The Bertz CT molecular complexity index is 581. The van der Waals surface area contributed by atoms with Gasteiger partial charge in [-0.1, -0.05) is 28.1 Å². The maximum Gasteiger partial charge on any atom is 0.135 e. The summed E-state index contributed by atoms with van der Waals surface area (Å²) in [5.74, 6) is 2.56. The highest BCUT2D eigenvalue weighted by atomic mass is 79.9. The van der Waals surface area contributed by atoms with E-state index in [1.54, 1.807) is 0 Å². The number of nitrogens with one attached hydrogen (secondary N) is 2. The van der Waals surface area contributed by atoms with Crippen LogP contribution < -0.4 is 10.6 Å². The van der Waals surface area contributed by atoms with Crippen LogP contribution in [0.4, 0.5) is 11.6 Å². The van der Waals surface area contributed by atoms with Gasteiger partial charge in [0.05, 0.1) is 0 Å². The Morgan fingerprint density at radius 2 is 1.60 bits per heavy atom. The standard InChI is InChI=1S/C15H19BrN4/c1-4-17-14-10(2)15(20-11(3)19-14)18-9-12-5-7-13(16)8-6-12/h5-8H,4,9H2,1-3H3,(H2,17,18,19,20). The monoisotopic (exact) mass is 334 g/mol. The van der Waals surface area contributed by atoms with Gasteiger partial charge in [0, 0.05) is 23.1 Å². The normalized spacial score (nSPS) is 10.4. The molecular weight excluding hydrogens is 316 g/mol. The minimum absolute atomic E-state index is 0.746. The number of anilines is 2. The second-order valence-corrected chi connectivity index (χ2v) is 5.52. The summed E-state index contributed by atoms with van der Waals surface area (Å²) < 4.78 is 1.09. The predicted molar refractivity (Wildman–Crippen MR) is 87.1 cm³/mol. The molecule has 0 saturated heterocycles. The maximum atomic E-state index is 4.48. The van der Waals surface area contributed by atoms with E-state index in [9.17, 15) is 0 Å². The van der Waals surface area contributed by atoms with E-state index < -0.39 is 0 Å². The maximum absolute atomic E-state index is 4.48. The highest BCUT2D eigenvalue weighted by Gasteiger charge is 2.08. The van der Waals surface area contributed by atoms with E-state index in [-0.39, 0.29) is 0 Å². The molecule has 2 rings (SSSR count). The molecule has 20 heavy (non-hydrogen) atoms. The summed E-state index contributed by atoms with van der Waals surface area (Å²) in [6, 6.07) is 8.26. The van der Waals surface area contributed by atoms with Crippen LogP contribution in [0.25, 0.3) is 0 Å². The Morgan fingerprint density at radius 3 is 2.20 bits per heavy atom. The first kappa shape index (κ1) is 14.8. The number of benzene rings is 1. The van der Waals surface area contributed by atoms with Crippen molar-refractivity contribution < 1.29 is 0 Å². The first-order chi connectivity index (χ1) is 9.60. The van der Waals surface area contributed by atoms with Crippen molar-refractivity contribution in [2.45, 2.75) is 27.3 Å². The lowest BCUT2D eigenvalue weighted by molar-refractivity contribution is 0.993. The summed E-state index contributed by atoms with van der Waals surface area (Å²) in [7, 11) is 0. The summed E-state index contributed by atoms with van der Waals surface area (Å²) in [4.78, 5) is 8.90. The molecule has 0 amide bonds. The van der Waals surface area contributed by atoms with Gasteiger partial charge in [-0.15, -0.1) is 0 Å². The minimum atomic E-state index is 0.746. The van der Waals surface area contributed by atoms with Gasteiger partial charge in [0.1, 0.15) is 17.5 Å². The van der Waals surface area contributed by atoms with Crippen LogP contribution in [0.15, 0.2) is 28.7 Å². The van der Waals surface area contributed by atoms with Gasteiger partial charge in [-0.05, 0) is 38.5 Å². The van der Waals surface area contributed by atoms with Crippen molar-refractivity contribution in [1.82, 2.24) is 9.97 Å². The largest absolute Gasteiger partial charge is 0.370 e. The Morgan fingerprint density at radius 1 is 1.00 bits per heavy atom. The van der Waals surface area contributed by atoms with E-state index >= 15 is 0 Å². The summed E-state index contributed by atoms with van der Waals surface area (Å²) in [5, 5.41) is 6.65. The van der Waals surface area contributed by atoms with E-state index in [0.717, 1.165) is 40.6 Å². The molecule has 1 aromatic carbocycles. The summed E-state index contributed by atoms with van der Waals surface area (Å²) in [5.41, 5.74) is 2.27. The predicted octanol–water partition coefficient (Wildman–Crippen LogP) is 3.90. The highest BCUT2D eigenvalue weighted by molar-refractivity contribution is 9.10. The third kappa shape index (κ3) is 3.70. The molecule has 0 unspecified atom stereocenters. The number of halogens is 1. The van der Waals surface area contributed by atoms with Crippen LogP contribution >= 0.6 is 15.9 Å². The first-order valence-corrected chi connectivity index (χ1v) is 7.47. The van der Waals surface area contributed by atoms with E-state index in [1.165, 1.54) is 5.56 Å². The highest BCUT2D eigenvalue weighted by Crippen LogP contribution is 2.20. The third-order valence-electron chi connectivity index (χ3n) is 2.98. The van der Waals surface area contributed by atoms with Gasteiger partial charge in [0.25, 0.3) is 0 Å². The number of hydrogen-bond donors (Lipinski definition) is 2. The van der Waals surface area contributed by atoms with Crippen molar-refractivity contribution in [3.63, 3.8) is 0 Å². The molecule has 1 heterocycles. The van der Waals surface area contributed by atoms with Crippen molar-refractivity contribution in [3.05, 3.63) is 45.7 Å². The van der Waals surface area contributed by atoms with Crippen molar-refractivity contribution >= 4 is 27.6 Å². The topological polar surface area (TPSA) is 49.8 Å². The van der Waals surface area contributed by atoms with Gasteiger partial charge in [0.15, 0.2) is 0 Å². The second-order valence-electron chi connectivity index (χ2n) is 4.60. The first-order valence-electron chi connectivity index (χ1n) is 6.67. The average molecular weight is 335 g/mol. The molecule has 5 heteroatoms. The molecule has 0 saturated carbocycles. The molecule has 0 radical (unpaired) electrons. The zero-order valence-electron chi connectivity index (χ0n) is 12.0. The molecule has 0 aliphatic rings. The van der Waals surface area contributed by atoms with Crippen molar-refractivity contribution in [2.24, 2.45) is 0 Å². The molecule has 4 nitrogen and oxygen atoms in total. The lowest BCUT2D eigenvalue weighted by Gasteiger charge is -2.13. The second kappa shape index (κ2) is 6.70. The number of rotatable bonds is 5. The SMILES string of the molecule is CCNc1nc(C)nc(NCc2ccc(Br)cc2)c1C. The summed E-state index contributed by atoms with van der Waals surface area (Å²) >= 11 is 3.44. The van der Waals surface area contributed by atoms with Crippen LogP contribution in [0, 0.1) is 13.8 Å². The Hall–Kier alpha value is -1.62. The lowest BCUT2D eigenvalue weighted by Crippen LogP contribution is -2.09. The fraction of sp³-hybridized carbons (Fsp3) is 0.333. The zero-order chi connectivity index (χ0) is 14.5. The quantitative estimate of drug-likeness (QED) is 0.870. The van der Waals surface area contributed by atoms with Crippen LogP contribution in [-0.2, 0) is 6.54 Å². The van der Waals surface area contributed by atoms with Gasteiger partial charge in [-0.2, -0.15) is 0 Å². The third-order valence-corrected chi connectivity index (χ3v) is 3.50. The van der Waals surface area contributed by atoms with Crippen LogP contribution in [0.3, 0.4) is 0 Å². The molecule has 0 bridgehead atoms. The smallest absolute Gasteiger partial charge is 0.135 e. The number of hydrogen-bond acceptors (Lipinski definition) is 4. The van der Waals surface area contributed by atoms with Crippen molar-refractivity contribution in [3.8, 4) is 0 Å². The molecule has 1 aromatic heterocycles. The van der Waals surface area contributed by atoms with Crippen LogP contribution in [0.5, 0.6) is 0 Å². The Labute approximate surface area is 128 Å². The van der Waals surface area contributed by atoms with Gasteiger partial charge >= 0.3 is 0 Å². The molecule has 0 atom stereocenters. The van der Waals surface area contributed by atoms with Crippen LogP contribution in [0.2, 0.25) is 0 Å². The van der Waals surface area contributed by atoms with E-state index in [0.29, 0.717) is 0 Å². The molecule has 0 aliphatic heterocycles. The van der Waals surface area contributed by atoms with Crippen LogP contribution in [-0.4, -0.2) is 16.5 Å². The average Bonchev–Trinajstić information content (AvgIpc) is 2.43. The fourth-order valence-electron chi connectivity index (χ4n) is 1.93. The van der Waals surface area contributed by atoms with Crippen LogP contribution in [0.1, 0.15) is 23.9 Å². The number of aromatic nitrogens is 2. The lowest BCUT2D eigenvalue weighted by atomic mass is 10.2. The minimum Gasteiger partial charge on any atom is -0.370 e. The van der Waals surface area contributed by atoms with Crippen molar-refractivity contribution in [1.29, 1.82) is 0 Å². The van der Waals surface area contributed by atoms with Gasteiger partial charge in [-0.3, -0.25) is 0 Å². The number of nitrogens with zero attached hydrogens (tertiary/aromatic N) is 2. The van der Waals surface area contributed by atoms with Gasteiger partial charge < -0.3 is 10.6 Å². The molecule has 0 spiro atoms. The molecule has 0 fully saturated rings. The van der Waals surface area contributed by atoms with E-state index in [4.69, 9.17) is 0 Å². The van der Waals surface area contributed by atoms with Gasteiger partial charge in [-0.25, -0.2) is 9.97 Å². The molecule has 0 aliphatic carbocycles. The van der Waals surface area contributed by atoms with Gasteiger partial charge in [0.2, 0.25) is 0 Å². The number of aryl methyl sites for hydroxylation is 1. The molecule has 2 N–H and O–H groups in total. The zero-order valence-corrected chi connectivity index (χ0v) is 13.6. The van der Waals surface area contributed by atoms with E-state index in [1.807, 2.05) is 26.0 Å². The van der Waals surface area contributed by atoms with Crippen molar-refractivity contribution in [2.75, 3.05) is 17.2 Å². The van der Waals surface area contributed by atoms with E-state index in [2.05, 4.69) is 55.6 Å². The summed E-state index contributed by atoms with van der Waals surface area (Å²) in [6.07, 6.45) is 0. The Kier molecular flexibility index (Phi) is 4.95. The fourth-order valence-corrected chi connectivity index (χ4v) is 2.19. The molecular formula is C15H19BrN4. The Balaban J connectivity index is 2.14. The molecule has 2 aromatic rings.